The normalized spacial score (nSPS) is 23.3. The van der Waals surface area contributed by atoms with Crippen LogP contribution in [0.4, 0.5) is 4.79 Å². The van der Waals surface area contributed by atoms with E-state index in [-0.39, 0.29) is 0 Å². The van der Waals surface area contributed by atoms with Gasteiger partial charge in [-0.25, -0.2) is 4.79 Å². The first-order valence-corrected chi connectivity index (χ1v) is 4.60. The van der Waals surface area contributed by atoms with Gasteiger partial charge in [0.25, 0.3) is 0 Å². The molecule has 0 aromatic rings. The minimum Gasteiger partial charge on any atom is -0.453 e. The predicted octanol–water partition coefficient (Wildman–Crippen LogP) is -0.562. The summed E-state index contributed by atoms with van der Waals surface area (Å²) in [5, 5.41) is 17.7. The summed E-state index contributed by atoms with van der Waals surface area (Å²) in [4.78, 5) is 12.3. The molecule has 1 aliphatic heterocycles. The number of methoxy groups -OCH3 is 1. The van der Waals surface area contributed by atoms with Crippen molar-refractivity contribution in [2.75, 3.05) is 18.7 Å². The summed E-state index contributed by atoms with van der Waals surface area (Å²) in [6.45, 7) is 0. The van der Waals surface area contributed by atoms with E-state index in [2.05, 4.69) is 4.74 Å². The van der Waals surface area contributed by atoms with E-state index in [1.165, 1.54) is 23.8 Å². The minimum absolute atomic E-state index is 0.453. The topological polar surface area (TPSA) is 70.0 Å². The van der Waals surface area contributed by atoms with Gasteiger partial charge in [0.15, 0.2) is 6.29 Å². The van der Waals surface area contributed by atoms with Crippen LogP contribution >= 0.6 is 11.8 Å². The van der Waals surface area contributed by atoms with Gasteiger partial charge in [-0.2, -0.15) is 0 Å². The van der Waals surface area contributed by atoms with E-state index in [1.54, 1.807) is 0 Å². The summed E-state index contributed by atoms with van der Waals surface area (Å²) in [7, 11) is 1.27. The largest absolute Gasteiger partial charge is 0.453 e. The Morgan fingerprint density at radius 2 is 2.42 bits per heavy atom. The fourth-order valence-electron chi connectivity index (χ4n) is 1.01. The second-order valence-corrected chi connectivity index (χ2v) is 3.42. The molecule has 1 saturated heterocycles. The molecule has 0 spiro atoms. The quantitative estimate of drug-likeness (QED) is 0.546. The molecule has 1 heterocycles. The van der Waals surface area contributed by atoms with E-state index in [1.807, 2.05) is 0 Å². The molecule has 1 atom stereocenters. The fourth-order valence-corrected chi connectivity index (χ4v) is 2.20. The number of nitrogens with zero attached hydrogens (tertiary/aromatic N) is 1. The summed E-state index contributed by atoms with van der Waals surface area (Å²) in [6, 6.07) is -0.539. The molecular formula is C6H11NO4S. The second-order valence-electron chi connectivity index (χ2n) is 2.42. The van der Waals surface area contributed by atoms with Crippen LogP contribution in [0, 0.1) is 0 Å². The lowest BCUT2D eigenvalue weighted by atomic mass is 10.3. The van der Waals surface area contributed by atoms with Crippen LogP contribution < -0.4 is 0 Å². The van der Waals surface area contributed by atoms with Gasteiger partial charge in [0.2, 0.25) is 0 Å². The van der Waals surface area contributed by atoms with Gasteiger partial charge in [-0.15, -0.1) is 11.8 Å². The first-order chi connectivity index (χ1) is 5.66. The molecule has 1 aliphatic rings. The number of aliphatic hydroxyl groups is 2. The SMILES string of the molecule is COC(=O)N1CSCC1C(O)O. The summed E-state index contributed by atoms with van der Waals surface area (Å²) in [5.74, 6) is 0.988. The fraction of sp³-hybridized carbons (Fsp3) is 0.833. The van der Waals surface area contributed by atoms with E-state index in [0.29, 0.717) is 11.6 Å². The first-order valence-electron chi connectivity index (χ1n) is 3.45. The van der Waals surface area contributed by atoms with E-state index in [4.69, 9.17) is 10.2 Å². The molecule has 12 heavy (non-hydrogen) atoms. The van der Waals surface area contributed by atoms with Crippen molar-refractivity contribution >= 4 is 17.9 Å². The highest BCUT2D eigenvalue weighted by Gasteiger charge is 2.34. The molecule has 1 amide bonds. The number of carbonyl (C=O) groups excluding carboxylic acids is 1. The smallest absolute Gasteiger partial charge is 0.410 e. The molecule has 1 rings (SSSR count). The van der Waals surface area contributed by atoms with Crippen molar-refractivity contribution in [3.05, 3.63) is 0 Å². The number of ether oxygens (including phenoxy) is 1. The Labute approximate surface area is 74.3 Å². The Morgan fingerprint density at radius 3 is 2.92 bits per heavy atom. The van der Waals surface area contributed by atoms with E-state index in [9.17, 15) is 4.79 Å². The summed E-state index contributed by atoms with van der Waals surface area (Å²) < 4.78 is 4.47. The lowest BCUT2D eigenvalue weighted by Gasteiger charge is -2.23. The van der Waals surface area contributed by atoms with Gasteiger partial charge in [0.1, 0.15) is 0 Å². The lowest BCUT2D eigenvalue weighted by molar-refractivity contribution is -0.0827. The Hall–Kier alpha value is -0.460. The standard InChI is InChI=1S/C6H11NO4S/c1-11-6(10)7-3-12-2-4(7)5(8)9/h4-5,8-9H,2-3H2,1H3. The van der Waals surface area contributed by atoms with Crippen molar-refractivity contribution in [1.82, 2.24) is 4.90 Å². The number of thioether (sulfide) groups is 1. The first kappa shape index (κ1) is 9.63. The Kier molecular flexibility index (Phi) is 3.19. The predicted molar refractivity (Wildman–Crippen MR) is 43.6 cm³/mol. The molecule has 70 valence electrons. The third kappa shape index (κ3) is 1.82. The highest BCUT2D eigenvalue weighted by molar-refractivity contribution is 7.99. The number of aliphatic hydroxyl groups excluding tert-OH is 1. The molecule has 5 nitrogen and oxygen atoms in total. The Morgan fingerprint density at radius 1 is 1.75 bits per heavy atom. The zero-order valence-electron chi connectivity index (χ0n) is 6.64. The molecule has 0 saturated carbocycles. The van der Waals surface area contributed by atoms with Gasteiger partial charge in [-0.1, -0.05) is 0 Å². The summed E-state index contributed by atoms with van der Waals surface area (Å²) in [6.07, 6.45) is -2.00. The van der Waals surface area contributed by atoms with Gasteiger partial charge in [-0.05, 0) is 0 Å². The highest BCUT2D eigenvalue weighted by atomic mass is 32.2. The van der Waals surface area contributed by atoms with E-state index >= 15 is 0 Å². The third-order valence-corrected chi connectivity index (χ3v) is 2.71. The molecule has 6 heteroatoms. The van der Waals surface area contributed by atoms with Crippen molar-refractivity contribution in [2.24, 2.45) is 0 Å². The maximum atomic E-state index is 11.0. The Bertz CT molecular complexity index is 175. The molecular weight excluding hydrogens is 182 g/mol. The molecule has 0 radical (unpaired) electrons. The zero-order chi connectivity index (χ0) is 9.14. The van der Waals surface area contributed by atoms with Crippen molar-refractivity contribution < 1.29 is 19.7 Å². The average molecular weight is 193 g/mol. The van der Waals surface area contributed by atoms with Gasteiger partial charge >= 0.3 is 6.09 Å². The maximum Gasteiger partial charge on any atom is 0.410 e. The van der Waals surface area contributed by atoms with Crippen molar-refractivity contribution in [3.63, 3.8) is 0 Å². The van der Waals surface area contributed by atoms with Crippen LogP contribution in [-0.2, 0) is 4.74 Å². The van der Waals surface area contributed by atoms with Crippen molar-refractivity contribution in [3.8, 4) is 0 Å². The number of hydrogen-bond acceptors (Lipinski definition) is 5. The van der Waals surface area contributed by atoms with Gasteiger partial charge in [0, 0.05) is 5.75 Å². The number of hydrogen-bond donors (Lipinski definition) is 2. The van der Waals surface area contributed by atoms with E-state index in [0.717, 1.165) is 0 Å². The zero-order valence-corrected chi connectivity index (χ0v) is 7.45. The third-order valence-electron chi connectivity index (χ3n) is 1.67. The van der Waals surface area contributed by atoms with Gasteiger partial charge < -0.3 is 14.9 Å². The summed E-state index contributed by atoms with van der Waals surface area (Å²) >= 11 is 1.47. The molecule has 1 unspecified atom stereocenters. The molecule has 0 aromatic carbocycles. The monoisotopic (exact) mass is 193 g/mol. The van der Waals surface area contributed by atoms with Crippen molar-refractivity contribution in [1.29, 1.82) is 0 Å². The number of amides is 1. The summed E-state index contributed by atoms with van der Waals surface area (Å²) in [5.41, 5.74) is 0. The van der Waals surface area contributed by atoms with Crippen LogP contribution in [-0.4, -0.2) is 52.3 Å². The lowest BCUT2D eigenvalue weighted by Crippen LogP contribution is -2.43. The van der Waals surface area contributed by atoms with Gasteiger partial charge in [0.05, 0.1) is 19.0 Å². The molecule has 0 aromatic heterocycles. The van der Waals surface area contributed by atoms with E-state index < -0.39 is 18.4 Å². The second kappa shape index (κ2) is 3.97. The van der Waals surface area contributed by atoms with Crippen LogP contribution in [0.15, 0.2) is 0 Å². The molecule has 1 fully saturated rings. The maximum absolute atomic E-state index is 11.0. The van der Waals surface area contributed by atoms with Crippen LogP contribution in [0.2, 0.25) is 0 Å². The number of rotatable bonds is 1. The minimum atomic E-state index is -1.49. The molecule has 2 N–H and O–H groups in total. The average Bonchev–Trinajstić information content (AvgIpc) is 2.50. The van der Waals surface area contributed by atoms with Crippen LogP contribution in [0.5, 0.6) is 0 Å². The van der Waals surface area contributed by atoms with Crippen LogP contribution in [0.1, 0.15) is 0 Å². The molecule has 0 aliphatic carbocycles. The molecule has 0 bridgehead atoms. The van der Waals surface area contributed by atoms with Crippen LogP contribution in [0.3, 0.4) is 0 Å². The van der Waals surface area contributed by atoms with Gasteiger partial charge in [-0.3, -0.25) is 4.90 Å². The Balaban J connectivity index is 2.57. The van der Waals surface area contributed by atoms with Crippen LogP contribution in [0.25, 0.3) is 0 Å². The highest BCUT2D eigenvalue weighted by Crippen LogP contribution is 2.22. The number of carbonyl (C=O) groups is 1. The van der Waals surface area contributed by atoms with Crippen molar-refractivity contribution in [2.45, 2.75) is 12.3 Å².